The highest BCUT2D eigenvalue weighted by molar-refractivity contribution is 7.92. The van der Waals surface area contributed by atoms with Gasteiger partial charge in [-0.3, -0.25) is 0 Å². The molecule has 0 aliphatic rings. The number of hydrogen-bond donors (Lipinski definition) is 3. The zero-order valence-corrected chi connectivity index (χ0v) is 15.6. The van der Waals surface area contributed by atoms with Gasteiger partial charge in [-0.25, -0.2) is 8.42 Å². The Bertz CT molecular complexity index is 1030. The number of aromatic hydroxyl groups is 1. The van der Waals surface area contributed by atoms with Gasteiger partial charge in [-0.05, 0) is 26.0 Å². The zero-order chi connectivity index (χ0) is 18.9. The van der Waals surface area contributed by atoms with Crippen molar-refractivity contribution in [2.75, 3.05) is 5.32 Å². The van der Waals surface area contributed by atoms with E-state index in [-0.39, 0.29) is 21.6 Å². The normalized spacial score (nSPS) is 11.7. The van der Waals surface area contributed by atoms with Crippen LogP contribution in [0.3, 0.4) is 0 Å². The van der Waals surface area contributed by atoms with Crippen molar-refractivity contribution in [1.29, 1.82) is 0 Å². The van der Waals surface area contributed by atoms with Crippen LogP contribution in [-0.4, -0.2) is 34.0 Å². The Balaban J connectivity index is 1.96. The number of anilines is 2. The third-order valence-electron chi connectivity index (χ3n) is 3.78. The van der Waals surface area contributed by atoms with Crippen LogP contribution in [0.25, 0.3) is 11.4 Å². The molecule has 2 aromatic carbocycles. The number of H-pyrrole nitrogens is 1. The van der Waals surface area contributed by atoms with Gasteiger partial charge in [0.15, 0.2) is 21.4 Å². The summed E-state index contributed by atoms with van der Waals surface area (Å²) < 4.78 is 24.9. The second-order valence-electron chi connectivity index (χ2n) is 5.88. The quantitative estimate of drug-likeness (QED) is 0.570. The summed E-state index contributed by atoms with van der Waals surface area (Å²) in [6.45, 7) is 3.04. The van der Waals surface area contributed by atoms with Crippen molar-refractivity contribution in [3.8, 4) is 17.1 Å². The molecule has 26 heavy (non-hydrogen) atoms. The number of aromatic amines is 1. The van der Waals surface area contributed by atoms with Gasteiger partial charge in [0.05, 0.1) is 16.0 Å². The maximum Gasteiger partial charge on any atom is 0.226 e. The topological polar surface area (TPSA) is 108 Å². The minimum atomic E-state index is -3.76. The highest BCUT2D eigenvalue weighted by Crippen LogP contribution is 2.39. The Hall–Kier alpha value is -2.58. The summed E-state index contributed by atoms with van der Waals surface area (Å²) >= 11 is 6.01. The van der Waals surface area contributed by atoms with Crippen molar-refractivity contribution in [2.24, 2.45) is 0 Å². The van der Waals surface area contributed by atoms with Gasteiger partial charge in [-0.1, -0.05) is 41.9 Å². The van der Waals surface area contributed by atoms with E-state index < -0.39 is 20.8 Å². The summed E-state index contributed by atoms with van der Waals surface area (Å²) in [7, 11) is -3.76. The molecule has 0 radical (unpaired) electrons. The molecular weight excluding hydrogens is 376 g/mol. The number of hydrogen-bond acceptors (Lipinski definition) is 6. The van der Waals surface area contributed by atoms with Crippen LogP contribution in [0.4, 0.5) is 11.6 Å². The number of nitrogens with zero attached hydrogens (tertiary/aromatic N) is 2. The minimum absolute atomic E-state index is 0.0377. The summed E-state index contributed by atoms with van der Waals surface area (Å²) in [5.74, 6) is 0.342. The summed E-state index contributed by atoms with van der Waals surface area (Å²) in [4.78, 5) is 2.67. The number of rotatable bonds is 5. The number of benzene rings is 2. The number of aromatic nitrogens is 3. The predicted molar refractivity (Wildman–Crippen MR) is 101 cm³/mol. The fourth-order valence-electron chi connectivity index (χ4n) is 2.33. The summed E-state index contributed by atoms with van der Waals surface area (Å²) in [6, 6.07) is 12.3. The first-order valence-corrected chi connectivity index (χ1v) is 9.73. The Morgan fingerprint density at radius 1 is 1.12 bits per heavy atom. The molecule has 0 amide bonds. The Kier molecular flexibility index (Phi) is 4.88. The van der Waals surface area contributed by atoms with Crippen LogP contribution in [0.2, 0.25) is 5.02 Å². The van der Waals surface area contributed by atoms with Gasteiger partial charge >= 0.3 is 0 Å². The van der Waals surface area contributed by atoms with E-state index in [1.165, 1.54) is 26.0 Å². The number of phenolic OH excluding ortho intramolecular Hbond substituents is 1. The smallest absolute Gasteiger partial charge is 0.226 e. The molecule has 1 aromatic heterocycles. The van der Waals surface area contributed by atoms with Crippen molar-refractivity contribution in [3.63, 3.8) is 0 Å². The van der Waals surface area contributed by atoms with Gasteiger partial charge in [-0.15, -0.1) is 10.2 Å². The van der Waals surface area contributed by atoms with Crippen molar-refractivity contribution >= 4 is 33.1 Å². The third-order valence-corrected chi connectivity index (χ3v) is 6.43. The van der Waals surface area contributed by atoms with E-state index >= 15 is 0 Å². The molecule has 0 fully saturated rings. The van der Waals surface area contributed by atoms with Crippen LogP contribution in [0, 0.1) is 0 Å². The second kappa shape index (κ2) is 6.97. The van der Waals surface area contributed by atoms with Gasteiger partial charge in [0.25, 0.3) is 0 Å². The molecule has 0 aliphatic carbocycles. The summed E-state index contributed by atoms with van der Waals surface area (Å²) in [5, 5.41) is 20.5. The summed E-state index contributed by atoms with van der Waals surface area (Å²) in [6.07, 6.45) is 0. The molecule has 3 N–H and O–H groups in total. The average Bonchev–Trinajstić information content (AvgIpc) is 3.06. The van der Waals surface area contributed by atoms with Crippen LogP contribution >= 0.6 is 11.6 Å². The molecule has 7 nitrogen and oxygen atoms in total. The zero-order valence-electron chi connectivity index (χ0n) is 14.1. The van der Waals surface area contributed by atoms with E-state index in [1.54, 1.807) is 0 Å². The molecule has 0 atom stereocenters. The van der Waals surface area contributed by atoms with Crippen molar-refractivity contribution in [3.05, 3.63) is 47.5 Å². The molecule has 0 spiro atoms. The number of sulfone groups is 1. The monoisotopic (exact) mass is 392 g/mol. The minimum Gasteiger partial charge on any atom is -0.504 e. The van der Waals surface area contributed by atoms with Crippen molar-refractivity contribution in [1.82, 2.24) is 15.2 Å². The SMILES string of the molecule is CC(C)S(=O)(=O)c1c(Cl)ccc(Nc2nnc(-c3ccccc3)[nH]2)c1O. The largest absolute Gasteiger partial charge is 0.504 e. The Morgan fingerprint density at radius 3 is 2.46 bits per heavy atom. The second-order valence-corrected chi connectivity index (χ2v) is 8.73. The summed E-state index contributed by atoms with van der Waals surface area (Å²) in [5.41, 5.74) is 1.00. The van der Waals surface area contributed by atoms with E-state index in [4.69, 9.17) is 11.6 Å². The molecule has 0 saturated carbocycles. The number of phenols is 1. The fraction of sp³-hybridized carbons (Fsp3) is 0.176. The van der Waals surface area contributed by atoms with Crippen LogP contribution in [0.5, 0.6) is 5.75 Å². The Labute approximate surface area is 156 Å². The molecule has 0 unspecified atom stereocenters. The van der Waals surface area contributed by atoms with Crippen LogP contribution < -0.4 is 5.32 Å². The van der Waals surface area contributed by atoms with Crippen molar-refractivity contribution < 1.29 is 13.5 Å². The van der Waals surface area contributed by atoms with Gasteiger partial charge in [0, 0.05) is 5.56 Å². The predicted octanol–water partition coefficient (Wildman–Crippen LogP) is 3.76. The molecule has 0 saturated heterocycles. The molecule has 0 aliphatic heterocycles. The fourth-order valence-corrected chi connectivity index (χ4v) is 3.99. The maximum absolute atomic E-state index is 12.5. The van der Waals surface area contributed by atoms with Gasteiger partial charge in [0.1, 0.15) is 4.90 Å². The molecule has 1 heterocycles. The van der Waals surface area contributed by atoms with E-state index in [0.717, 1.165) is 5.56 Å². The molecule has 0 bridgehead atoms. The molecule has 136 valence electrons. The molecule has 3 rings (SSSR count). The van der Waals surface area contributed by atoms with Crippen LogP contribution in [-0.2, 0) is 9.84 Å². The molecule has 3 aromatic rings. The first-order valence-electron chi connectivity index (χ1n) is 7.81. The van der Waals surface area contributed by atoms with Gasteiger partial charge in [-0.2, -0.15) is 0 Å². The van der Waals surface area contributed by atoms with Gasteiger partial charge in [0.2, 0.25) is 5.95 Å². The van der Waals surface area contributed by atoms with Crippen LogP contribution in [0.1, 0.15) is 13.8 Å². The van der Waals surface area contributed by atoms with E-state index in [9.17, 15) is 13.5 Å². The maximum atomic E-state index is 12.5. The van der Waals surface area contributed by atoms with Gasteiger partial charge < -0.3 is 15.4 Å². The number of halogens is 1. The van der Waals surface area contributed by atoms with Crippen LogP contribution in [0.15, 0.2) is 47.4 Å². The Morgan fingerprint density at radius 2 is 1.81 bits per heavy atom. The van der Waals surface area contributed by atoms with E-state index in [2.05, 4.69) is 20.5 Å². The highest BCUT2D eigenvalue weighted by Gasteiger charge is 2.28. The lowest BCUT2D eigenvalue weighted by Gasteiger charge is -2.14. The first kappa shape index (κ1) is 18.2. The lowest BCUT2D eigenvalue weighted by molar-refractivity contribution is 0.461. The van der Waals surface area contributed by atoms with E-state index in [0.29, 0.717) is 5.82 Å². The first-order chi connectivity index (χ1) is 12.3. The standard InChI is InChI=1S/C17H17ClN4O3S/c1-10(2)26(24,25)15-12(18)8-9-13(14(15)23)19-17-20-16(21-22-17)11-6-4-3-5-7-11/h3-10,23H,1-2H3,(H2,19,20,21,22). The molecular formula is C17H17ClN4O3S. The highest BCUT2D eigenvalue weighted by atomic mass is 35.5. The van der Waals surface area contributed by atoms with Crippen molar-refractivity contribution in [2.45, 2.75) is 24.0 Å². The average molecular weight is 393 g/mol. The number of nitrogens with one attached hydrogen (secondary N) is 2. The lowest BCUT2D eigenvalue weighted by Crippen LogP contribution is -2.15. The lowest BCUT2D eigenvalue weighted by atomic mass is 10.2. The third kappa shape index (κ3) is 3.38. The van der Waals surface area contributed by atoms with E-state index in [1.807, 2.05) is 30.3 Å². The molecule has 9 heteroatoms.